The lowest BCUT2D eigenvalue weighted by Gasteiger charge is -2.31. The first-order valence-electron chi connectivity index (χ1n) is 15.9. The Labute approximate surface area is 269 Å². The summed E-state index contributed by atoms with van der Waals surface area (Å²) in [6.45, 7) is 2.02. The van der Waals surface area contributed by atoms with E-state index in [1.165, 1.54) is 10.6 Å². The lowest BCUT2D eigenvalue weighted by molar-refractivity contribution is -0.148. The van der Waals surface area contributed by atoms with Gasteiger partial charge in [-0.05, 0) is 72.9 Å². The zero-order chi connectivity index (χ0) is 32.5. The molecule has 1 saturated heterocycles. The van der Waals surface area contributed by atoms with E-state index < -0.39 is 24.9 Å². The van der Waals surface area contributed by atoms with Crippen LogP contribution < -0.4 is 0 Å². The number of pyridine rings is 2. The number of carbonyl (C=O) groups excluding carboxylic acids is 2. The summed E-state index contributed by atoms with van der Waals surface area (Å²) in [6.07, 6.45) is 2.31. The third-order valence-corrected chi connectivity index (χ3v) is 9.13. The largest absolute Gasteiger partial charge is 0.389 e. The van der Waals surface area contributed by atoms with Crippen molar-refractivity contribution in [1.82, 2.24) is 34.4 Å². The first-order valence-corrected chi connectivity index (χ1v) is 15.9. The second kappa shape index (κ2) is 12.7. The Bertz CT molecular complexity index is 1920. The number of nitrogens with one attached hydrogen (secondary N) is 1. The maximum atomic E-state index is 13.3. The van der Waals surface area contributed by atoms with Gasteiger partial charge in [-0.2, -0.15) is 18.3 Å². The van der Waals surface area contributed by atoms with Gasteiger partial charge in [-0.3, -0.25) is 9.59 Å². The van der Waals surface area contributed by atoms with Gasteiger partial charge in [-0.15, -0.1) is 0 Å². The highest BCUT2D eigenvalue weighted by molar-refractivity contribution is 5.94. The number of piperidine rings is 1. The zero-order valence-corrected chi connectivity index (χ0v) is 25.7. The number of alkyl halides is 3. The molecular weight excluding hydrogens is 607 g/mol. The molecule has 0 atom stereocenters. The summed E-state index contributed by atoms with van der Waals surface area (Å²) in [5.41, 5.74) is 6.27. The van der Waals surface area contributed by atoms with E-state index in [4.69, 9.17) is 4.98 Å². The van der Waals surface area contributed by atoms with Crippen molar-refractivity contribution in [1.29, 1.82) is 0 Å². The van der Waals surface area contributed by atoms with Gasteiger partial charge in [0.25, 0.3) is 5.91 Å². The minimum absolute atomic E-state index is 0.0326. The Kier molecular flexibility index (Phi) is 8.25. The predicted octanol–water partition coefficient (Wildman–Crippen LogP) is 6.17. The molecule has 12 heteroatoms. The molecule has 47 heavy (non-hydrogen) atoms. The third kappa shape index (κ3) is 6.77. The standard InChI is InChI=1S/C35H34F3N7O2/c36-35(37,38)14-9-31(46)43-17-10-24(11-18-43)28-4-2-16-45-33(28)41-30(42-45)21-23-5-7-26(8-6-23)34(47)44-19-12-25(13-20-44)29-22-27-3-1-15-39-32(27)40-29/h1-8,10,15-16,22,25H,9,11-14,17-21H2,(H,39,40). The number of likely N-dealkylation sites (tertiary alicyclic amines) is 1. The van der Waals surface area contributed by atoms with E-state index in [0.29, 0.717) is 55.4 Å². The maximum Gasteiger partial charge on any atom is 0.389 e. The molecule has 0 radical (unpaired) electrons. The number of fused-ring (bicyclic) bond motifs is 2. The molecule has 1 fully saturated rings. The summed E-state index contributed by atoms with van der Waals surface area (Å²) in [4.78, 5) is 41.6. The molecule has 4 aromatic heterocycles. The van der Waals surface area contributed by atoms with Crippen LogP contribution in [0.2, 0.25) is 0 Å². The van der Waals surface area contributed by atoms with Crippen LogP contribution in [0, 0.1) is 0 Å². The van der Waals surface area contributed by atoms with Gasteiger partial charge in [-0.1, -0.05) is 18.2 Å². The van der Waals surface area contributed by atoms with Gasteiger partial charge < -0.3 is 14.8 Å². The van der Waals surface area contributed by atoms with Crippen molar-refractivity contribution in [2.75, 3.05) is 26.2 Å². The van der Waals surface area contributed by atoms with Gasteiger partial charge in [0, 0.05) is 79.5 Å². The second-order valence-corrected chi connectivity index (χ2v) is 12.3. The van der Waals surface area contributed by atoms with Crippen LogP contribution in [0.15, 0.2) is 73.1 Å². The Morgan fingerprint density at radius 2 is 1.79 bits per heavy atom. The van der Waals surface area contributed by atoms with Crippen LogP contribution >= 0.6 is 0 Å². The van der Waals surface area contributed by atoms with Crippen LogP contribution in [0.3, 0.4) is 0 Å². The van der Waals surface area contributed by atoms with E-state index in [-0.39, 0.29) is 12.5 Å². The summed E-state index contributed by atoms with van der Waals surface area (Å²) >= 11 is 0. The molecule has 0 bridgehead atoms. The van der Waals surface area contributed by atoms with Crippen molar-refractivity contribution in [2.45, 2.75) is 50.6 Å². The smallest absolute Gasteiger partial charge is 0.343 e. The Hall–Kier alpha value is -5.00. The van der Waals surface area contributed by atoms with Gasteiger partial charge in [0.2, 0.25) is 5.91 Å². The number of aromatic amines is 1. The van der Waals surface area contributed by atoms with Crippen LogP contribution in [-0.4, -0.2) is 78.5 Å². The molecule has 0 saturated carbocycles. The summed E-state index contributed by atoms with van der Waals surface area (Å²) < 4.78 is 39.3. The van der Waals surface area contributed by atoms with E-state index in [2.05, 4.69) is 27.2 Å². The highest BCUT2D eigenvalue weighted by atomic mass is 19.4. The fourth-order valence-corrected chi connectivity index (χ4v) is 6.55. The van der Waals surface area contributed by atoms with E-state index >= 15 is 0 Å². The molecule has 7 rings (SSSR count). The normalized spacial score (nSPS) is 16.2. The van der Waals surface area contributed by atoms with Crippen molar-refractivity contribution in [3.8, 4) is 0 Å². The highest BCUT2D eigenvalue weighted by Gasteiger charge is 2.30. The molecule has 6 heterocycles. The molecule has 1 N–H and O–H groups in total. The molecule has 2 amide bonds. The average Bonchev–Trinajstić information content (AvgIpc) is 3.71. The first-order chi connectivity index (χ1) is 22.7. The lowest BCUT2D eigenvalue weighted by atomic mass is 9.93. The number of carbonyl (C=O) groups is 2. The molecule has 0 aliphatic carbocycles. The molecule has 5 aromatic rings. The number of benzene rings is 1. The summed E-state index contributed by atoms with van der Waals surface area (Å²) in [7, 11) is 0. The number of halogens is 3. The fourth-order valence-electron chi connectivity index (χ4n) is 6.55. The van der Waals surface area contributed by atoms with Crippen LogP contribution in [0.1, 0.15) is 71.0 Å². The summed E-state index contributed by atoms with van der Waals surface area (Å²) in [5, 5.41) is 5.76. The molecule has 242 valence electrons. The van der Waals surface area contributed by atoms with Gasteiger partial charge in [-0.25, -0.2) is 14.5 Å². The van der Waals surface area contributed by atoms with Crippen LogP contribution in [-0.2, 0) is 11.2 Å². The van der Waals surface area contributed by atoms with Crippen molar-refractivity contribution in [3.05, 3.63) is 101 Å². The minimum atomic E-state index is -4.34. The summed E-state index contributed by atoms with van der Waals surface area (Å²) in [6, 6.07) is 17.6. The Balaban J connectivity index is 0.964. The molecule has 2 aliphatic heterocycles. The number of nitrogens with zero attached hydrogens (tertiary/aromatic N) is 6. The number of H-pyrrole nitrogens is 1. The third-order valence-electron chi connectivity index (χ3n) is 9.13. The van der Waals surface area contributed by atoms with Gasteiger partial charge in [0.15, 0.2) is 11.5 Å². The number of hydrogen-bond acceptors (Lipinski definition) is 5. The van der Waals surface area contributed by atoms with Crippen molar-refractivity contribution in [3.63, 3.8) is 0 Å². The quantitative estimate of drug-likeness (QED) is 0.229. The minimum Gasteiger partial charge on any atom is -0.343 e. The predicted molar refractivity (Wildman–Crippen MR) is 171 cm³/mol. The van der Waals surface area contributed by atoms with Crippen LogP contribution in [0.5, 0.6) is 0 Å². The number of hydrogen-bond donors (Lipinski definition) is 1. The molecule has 1 aromatic carbocycles. The van der Waals surface area contributed by atoms with Gasteiger partial charge >= 0.3 is 6.18 Å². The van der Waals surface area contributed by atoms with Crippen molar-refractivity contribution < 1.29 is 22.8 Å². The molecular formula is C35H34F3N7O2. The first kappa shape index (κ1) is 30.6. The average molecular weight is 642 g/mol. The monoisotopic (exact) mass is 641 g/mol. The molecule has 0 spiro atoms. The SMILES string of the molecule is O=C(CCC(F)(F)F)N1CC=C(c2cccn3nc(Cc4ccc(C(=O)N5CCC(c6cc7cccnc7[nH]6)CC5)cc4)nc23)CC1. The van der Waals surface area contributed by atoms with E-state index in [0.717, 1.165) is 40.6 Å². The number of aromatic nitrogens is 5. The molecule has 2 aliphatic rings. The Morgan fingerprint density at radius 3 is 2.51 bits per heavy atom. The fraction of sp³-hybridized carbons (Fsp3) is 0.343. The number of amides is 2. The highest BCUT2D eigenvalue weighted by Crippen LogP contribution is 2.31. The maximum absolute atomic E-state index is 13.3. The van der Waals surface area contributed by atoms with Crippen molar-refractivity contribution >= 4 is 34.1 Å². The topological polar surface area (TPSA) is 99.5 Å². The second-order valence-electron chi connectivity index (χ2n) is 12.3. The van der Waals surface area contributed by atoms with Crippen LogP contribution in [0.25, 0.3) is 22.3 Å². The van der Waals surface area contributed by atoms with Gasteiger partial charge in [0.1, 0.15) is 5.65 Å². The van der Waals surface area contributed by atoms with E-state index in [1.807, 2.05) is 59.6 Å². The van der Waals surface area contributed by atoms with Crippen LogP contribution in [0.4, 0.5) is 13.2 Å². The number of rotatable bonds is 7. The van der Waals surface area contributed by atoms with Gasteiger partial charge in [0.05, 0.1) is 6.42 Å². The summed E-state index contributed by atoms with van der Waals surface area (Å²) in [5.74, 6) is 0.549. The molecule has 9 nitrogen and oxygen atoms in total. The van der Waals surface area contributed by atoms with Crippen molar-refractivity contribution in [2.24, 2.45) is 0 Å². The van der Waals surface area contributed by atoms with E-state index in [9.17, 15) is 22.8 Å². The Morgan fingerprint density at radius 1 is 0.979 bits per heavy atom. The zero-order valence-electron chi connectivity index (χ0n) is 25.7. The van der Waals surface area contributed by atoms with E-state index in [1.54, 1.807) is 10.7 Å². The lowest BCUT2D eigenvalue weighted by Crippen LogP contribution is -2.38. The molecule has 0 unspecified atom stereocenters.